The number of hydrogen-bond donors (Lipinski definition) is 1. The molecule has 114 valence electrons. The molecule has 0 saturated carbocycles. The Hall–Kier alpha value is -1.72. The zero-order valence-corrected chi connectivity index (χ0v) is 12.3. The molecule has 1 aromatic rings. The van der Waals surface area contributed by atoms with Crippen LogP contribution >= 0.6 is 0 Å². The summed E-state index contributed by atoms with van der Waals surface area (Å²) in [5, 5.41) is 8.64. The van der Waals surface area contributed by atoms with Gasteiger partial charge in [0.2, 0.25) is 0 Å². The lowest BCUT2D eigenvalue weighted by atomic mass is 10.0. The van der Waals surface area contributed by atoms with Gasteiger partial charge in [-0.25, -0.2) is 9.18 Å². The van der Waals surface area contributed by atoms with Crippen LogP contribution in [0.5, 0.6) is 0 Å². The highest BCUT2D eigenvalue weighted by Gasteiger charge is 2.30. The summed E-state index contributed by atoms with van der Waals surface area (Å²) >= 11 is 0. The molecule has 0 amide bonds. The fourth-order valence-corrected chi connectivity index (χ4v) is 2.43. The molecule has 1 saturated heterocycles. The summed E-state index contributed by atoms with van der Waals surface area (Å²) in [5.41, 5.74) is 1.29. The highest BCUT2D eigenvalue weighted by Crippen LogP contribution is 2.22. The van der Waals surface area contributed by atoms with Crippen molar-refractivity contribution in [2.75, 3.05) is 19.8 Å². The highest BCUT2D eigenvalue weighted by atomic mass is 19.1. The van der Waals surface area contributed by atoms with E-state index >= 15 is 0 Å². The molecular formula is C16H20FNO3. The molecule has 0 radical (unpaired) electrons. The number of nitrogens with zero attached hydrogens (tertiary/aromatic N) is 1. The minimum atomic E-state index is -1.05. The molecule has 1 N–H and O–H groups in total. The first-order valence-corrected chi connectivity index (χ1v) is 6.90. The van der Waals surface area contributed by atoms with Crippen LogP contribution in [0.4, 0.5) is 4.39 Å². The van der Waals surface area contributed by atoms with Gasteiger partial charge in [-0.3, -0.25) is 4.90 Å². The number of rotatable bonds is 4. The molecule has 21 heavy (non-hydrogen) atoms. The Morgan fingerprint density at radius 1 is 1.48 bits per heavy atom. The number of morpholine rings is 1. The Kier molecular flexibility index (Phi) is 4.75. The molecule has 0 unspecified atom stereocenters. The van der Waals surface area contributed by atoms with Crippen molar-refractivity contribution in [3.05, 3.63) is 41.2 Å². The third-order valence-corrected chi connectivity index (χ3v) is 3.59. The molecule has 1 heterocycles. The molecule has 1 aliphatic heterocycles. The van der Waals surface area contributed by atoms with Crippen LogP contribution in [0.2, 0.25) is 0 Å². The fraction of sp³-hybridized carbons (Fsp3) is 0.438. The molecule has 0 atom stereocenters. The van der Waals surface area contributed by atoms with E-state index in [0.717, 1.165) is 18.2 Å². The van der Waals surface area contributed by atoms with Gasteiger partial charge in [-0.05, 0) is 43.2 Å². The Labute approximate surface area is 123 Å². The van der Waals surface area contributed by atoms with Crippen molar-refractivity contribution in [1.82, 2.24) is 4.90 Å². The van der Waals surface area contributed by atoms with Crippen LogP contribution in [-0.2, 0) is 16.1 Å². The second kappa shape index (κ2) is 6.37. The van der Waals surface area contributed by atoms with Crippen molar-refractivity contribution < 1.29 is 19.0 Å². The van der Waals surface area contributed by atoms with Crippen LogP contribution in [0.15, 0.2) is 24.3 Å². The molecule has 0 spiro atoms. The van der Waals surface area contributed by atoms with E-state index in [-0.39, 0.29) is 11.4 Å². The summed E-state index contributed by atoms with van der Waals surface area (Å²) in [6, 6.07) is 4.63. The van der Waals surface area contributed by atoms with E-state index in [0.29, 0.717) is 25.3 Å². The molecule has 0 aromatic heterocycles. The smallest absolute Gasteiger partial charge is 0.328 e. The Balaban J connectivity index is 2.18. The van der Waals surface area contributed by atoms with Crippen molar-refractivity contribution in [2.45, 2.75) is 25.9 Å². The van der Waals surface area contributed by atoms with Gasteiger partial charge in [0, 0.05) is 24.7 Å². The van der Waals surface area contributed by atoms with Crippen LogP contribution in [-0.4, -0.2) is 41.3 Å². The number of halogens is 1. The number of ether oxygens (including phenoxy) is 1. The van der Waals surface area contributed by atoms with Gasteiger partial charge >= 0.3 is 5.97 Å². The van der Waals surface area contributed by atoms with Gasteiger partial charge in [0.25, 0.3) is 0 Å². The molecule has 1 aromatic carbocycles. The van der Waals surface area contributed by atoms with E-state index in [1.54, 1.807) is 0 Å². The number of carboxylic acids is 1. The highest BCUT2D eigenvalue weighted by molar-refractivity contribution is 5.85. The van der Waals surface area contributed by atoms with Crippen molar-refractivity contribution >= 4 is 12.0 Å². The van der Waals surface area contributed by atoms with Gasteiger partial charge in [-0.15, -0.1) is 0 Å². The van der Waals surface area contributed by atoms with E-state index in [2.05, 4.69) is 18.7 Å². The predicted molar refractivity (Wildman–Crippen MR) is 78.4 cm³/mol. The Morgan fingerprint density at radius 3 is 2.90 bits per heavy atom. The maximum Gasteiger partial charge on any atom is 0.328 e. The van der Waals surface area contributed by atoms with Gasteiger partial charge in [-0.1, -0.05) is 6.07 Å². The third kappa shape index (κ3) is 4.37. The van der Waals surface area contributed by atoms with Crippen LogP contribution < -0.4 is 0 Å². The first kappa shape index (κ1) is 15.7. The van der Waals surface area contributed by atoms with Crippen LogP contribution in [0.1, 0.15) is 25.0 Å². The lowest BCUT2D eigenvalue weighted by Gasteiger charge is -2.42. The average Bonchev–Trinajstić information content (AvgIpc) is 2.38. The molecule has 1 aliphatic rings. The normalized spacial score (nSPS) is 19.0. The number of carboxylic acid groups (broad SMARTS) is 1. The minimum Gasteiger partial charge on any atom is -0.478 e. The standard InChI is InChI=1S/C16H20FNO3/c1-16(2)11-21-6-5-18(16)10-13-7-12(3-4-15(19)20)8-14(17)9-13/h3-4,7-9H,5-6,10-11H2,1-2H3,(H,19,20). The third-order valence-electron chi connectivity index (χ3n) is 3.59. The Morgan fingerprint density at radius 2 is 2.24 bits per heavy atom. The molecule has 0 bridgehead atoms. The van der Waals surface area contributed by atoms with E-state index in [1.165, 1.54) is 18.2 Å². The lowest BCUT2D eigenvalue weighted by molar-refractivity contribution is -0.131. The number of benzene rings is 1. The summed E-state index contributed by atoms with van der Waals surface area (Å²) in [6.07, 6.45) is 2.41. The molecule has 1 fully saturated rings. The molecule has 4 nitrogen and oxygen atoms in total. The largest absolute Gasteiger partial charge is 0.478 e. The molecular weight excluding hydrogens is 273 g/mol. The SMILES string of the molecule is CC1(C)COCCN1Cc1cc(F)cc(C=CC(=O)O)c1. The van der Waals surface area contributed by atoms with Crippen molar-refractivity contribution in [2.24, 2.45) is 0 Å². The Bertz CT molecular complexity index is 554. The zero-order valence-electron chi connectivity index (χ0n) is 12.3. The first-order valence-electron chi connectivity index (χ1n) is 6.90. The quantitative estimate of drug-likeness (QED) is 0.867. The summed E-state index contributed by atoms with van der Waals surface area (Å²) in [7, 11) is 0. The average molecular weight is 293 g/mol. The molecule has 0 aliphatic carbocycles. The van der Waals surface area contributed by atoms with Gasteiger partial charge in [0.1, 0.15) is 5.82 Å². The summed E-state index contributed by atoms with van der Waals surface area (Å²) in [6.45, 7) is 6.91. The second-order valence-corrected chi connectivity index (χ2v) is 5.85. The molecule has 5 heteroatoms. The van der Waals surface area contributed by atoms with Gasteiger partial charge in [0.15, 0.2) is 0 Å². The van der Waals surface area contributed by atoms with Gasteiger partial charge in [-0.2, -0.15) is 0 Å². The maximum absolute atomic E-state index is 13.7. The zero-order chi connectivity index (χ0) is 15.5. The predicted octanol–water partition coefficient (Wildman–Crippen LogP) is 2.53. The number of carbonyl (C=O) groups is 1. The summed E-state index contributed by atoms with van der Waals surface area (Å²) < 4.78 is 19.1. The van der Waals surface area contributed by atoms with Crippen LogP contribution in [0.3, 0.4) is 0 Å². The second-order valence-electron chi connectivity index (χ2n) is 5.85. The first-order chi connectivity index (χ1) is 9.87. The number of aliphatic carboxylic acids is 1. The van der Waals surface area contributed by atoms with E-state index in [4.69, 9.17) is 9.84 Å². The fourth-order valence-electron chi connectivity index (χ4n) is 2.43. The minimum absolute atomic E-state index is 0.0956. The van der Waals surface area contributed by atoms with Crippen LogP contribution in [0.25, 0.3) is 6.08 Å². The van der Waals surface area contributed by atoms with Crippen molar-refractivity contribution in [3.63, 3.8) is 0 Å². The summed E-state index contributed by atoms with van der Waals surface area (Å²) in [5.74, 6) is -1.40. The van der Waals surface area contributed by atoms with Crippen molar-refractivity contribution in [3.8, 4) is 0 Å². The summed E-state index contributed by atoms with van der Waals surface area (Å²) in [4.78, 5) is 12.8. The van der Waals surface area contributed by atoms with E-state index in [1.807, 2.05) is 6.07 Å². The monoisotopic (exact) mass is 293 g/mol. The van der Waals surface area contributed by atoms with Crippen molar-refractivity contribution in [1.29, 1.82) is 0 Å². The molecule has 2 rings (SSSR count). The number of hydrogen-bond acceptors (Lipinski definition) is 3. The van der Waals surface area contributed by atoms with Crippen LogP contribution in [0, 0.1) is 5.82 Å². The van der Waals surface area contributed by atoms with E-state index in [9.17, 15) is 9.18 Å². The van der Waals surface area contributed by atoms with E-state index < -0.39 is 5.97 Å². The van der Waals surface area contributed by atoms with Gasteiger partial charge in [0.05, 0.1) is 13.2 Å². The maximum atomic E-state index is 13.7. The topological polar surface area (TPSA) is 49.8 Å². The lowest BCUT2D eigenvalue weighted by Crippen LogP contribution is -2.52. The van der Waals surface area contributed by atoms with Gasteiger partial charge < -0.3 is 9.84 Å².